The molecule has 8 heteroatoms. The monoisotopic (exact) mass is 402 g/mol. The van der Waals surface area contributed by atoms with E-state index >= 15 is 0 Å². The van der Waals surface area contributed by atoms with Crippen LogP contribution >= 0.6 is 0 Å². The molecule has 3 aromatic heterocycles. The molecule has 3 heterocycles. The van der Waals surface area contributed by atoms with Crippen LogP contribution in [0.15, 0.2) is 59.3 Å². The fraction of sp³-hybridized carbons (Fsp3) is 0.227. The Morgan fingerprint density at radius 3 is 2.70 bits per heavy atom. The van der Waals surface area contributed by atoms with Crippen molar-refractivity contribution < 1.29 is 9.32 Å². The van der Waals surface area contributed by atoms with Gasteiger partial charge in [0.05, 0.1) is 5.69 Å². The quantitative estimate of drug-likeness (QED) is 0.528. The number of nitrogens with zero attached hydrogens (tertiary/aromatic N) is 5. The average molecular weight is 402 g/mol. The molecule has 0 bridgehead atoms. The Bertz CT molecular complexity index is 1170. The highest BCUT2D eigenvalue weighted by molar-refractivity contribution is 5.93. The lowest BCUT2D eigenvalue weighted by Crippen LogP contribution is -2.30. The Morgan fingerprint density at radius 1 is 1.17 bits per heavy atom. The summed E-state index contributed by atoms with van der Waals surface area (Å²) in [4.78, 5) is 21.6. The highest BCUT2D eigenvalue weighted by Crippen LogP contribution is 2.22. The van der Waals surface area contributed by atoms with E-state index in [0.717, 1.165) is 22.5 Å². The topological polar surface area (TPSA) is 98.7 Å². The first-order valence-corrected chi connectivity index (χ1v) is 9.72. The van der Waals surface area contributed by atoms with Gasteiger partial charge in [0, 0.05) is 30.1 Å². The van der Waals surface area contributed by atoms with E-state index in [4.69, 9.17) is 4.52 Å². The van der Waals surface area contributed by atoms with Crippen LogP contribution in [-0.2, 0) is 7.05 Å². The maximum absolute atomic E-state index is 12.9. The second kappa shape index (κ2) is 8.28. The lowest BCUT2D eigenvalue weighted by atomic mass is 10.1. The summed E-state index contributed by atoms with van der Waals surface area (Å²) in [6, 6.07) is 14.8. The van der Waals surface area contributed by atoms with E-state index in [1.165, 1.54) is 0 Å². The first-order chi connectivity index (χ1) is 14.5. The van der Waals surface area contributed by atoms with Crippen molar-refractivity contribution in [3.63, 3.8) is 0 Å². The minimum absolute atomic E-state index is 0.251. The van der Waals surface area contributed by atoms with Crippen molar-refractivity contribution in [3.05, 3.63) is 72.0 Å². The molecule has 0 aliphatic heterocycles. The van der Waals surface area contributed by atoms with E-state index in [0.29, 0.717) is 23.8 Å². The molecule has 1 aromatic carbocycles. The van der Waals surface area contributed by atoms with Gasteiger partial charge in [-0.05, 0) is 31.5 Å². The SMILES string of the molecule is CCC(NC(=O)c1cc(-c2ccccc2)nn1C)c1nc(-c2ccnc(C)c2)no1. The number of hydrogen-bond acceptors (Lipinski definition) is 6. The summed E-state index contributed by atoms with van der Waals surface area (Å²) in [7, 11) is 1.75. The third kappa shape index (κ3) is 3.98. The van der Waals surface area contributed by atoms with Gasteiger partial charge in [-0.25, -0.2) is 0 Å². The van der Waals surface area contributed by atoms with Crippen molar-refractivity contribution in [2.45, 2.75) is 26.3 Å². The minimum atomic E-state index is -0.406. The predicted molar refractivity (Wildman–Crippen MR) is 111 cm³/mol. The number of hydrogen-bond donors (Lipinski definition) is 1. The highest BCUT2D eigenvalue weighted by Gasteiger charge is 2.23. The fourth-order valence-electron chi connectivity index (χ4n) is 3.18. The molecule has 0 saturated carbocycles. The molecule has 0 aliphatic carbocycles. The molecular weight excluding hydrogens is 380 g/mol. The number of amides is 1. The zero-order valence-corrected chi connectivity index (χ0v) is 17.0. The summed E-state index contributed by atoms with van der Waals surface area (Å²) in [5.41, 5.74) is 3.83. The van der Waals surface area contributed by atoms with Crippen molar-refractivity contribution in [2.75, 3.05) is 0 Å². The number of nitrogens with one attached hydrogen (secondary N) is 1. The third-order valence-corrected chi connectivity index (χ3v) is 4.79. The van der Waals surface area contributed by atoms with Crippen molar-refractivity contribution in [1.82, 2.24) is 30.2 Å². The number of carbonyl (C=O) groups excluding carboxylic acids is 1. The van der Waals surface area contributed by atoms with Crippen molar-refractivity contribution >= 4 is 5.91 Å². The maximum Gasteiger partial charge on any atom is 0.270 e. The molecule has 0 saturated heterocycles. The van der Waals surface area contributed by atoms with Crippen LogP contribution in [0.4, 0.5) is 0 Å². The Morgan fingerprint density at radius 2 is 1.97 bits per heavy atom. The number of pyridine rings is 1. The van der Waals surface area contributed by atoms with Gasteiger partial charge in [0.2, 0.25) is 11.7 Å². The summed E-state index contributed by atoms with van der Waals surface area (Å²) in [6.07, 6.45) is 2.30. The first-order valence-electron chi connectivity index (χ1n) is 9.72. The molecule has 152 valence electrons. The van der Waals surface area contributed by atoms with Crippen LogP contribution in [0.2, 0.25) is 0 Å². The third-order valence-electron chi connectivity index (χ3n) is 4.79. The molecular formula is C22H22N6O2. The zero-order chi connectivity index (χ0) is 21.1. The Labute approximate surface area is 174 Å². The largest absolute Gasteiger partial charge is 0.339 e. The molecule has 1 unspecified atom stereocenters. The second-order valence-corrected chi connectivity index (χ2v) is 6.98. The number of aryl methyl sites for hydroxylation is 2. The Balaban J connectivity index is 1.53. The van der Waals surface area contributed by atoms with Crippen LogP contribution in [0.5, 0.6) is 0 Å². The van der Waals surface area contributed by atoms with E-state index in [2.05, 4.69) is 25.5 Å². The van der Waals surface area contributed by atoms with E-state index in [1.54, 1.807) is 24.0 Å². The first kappa shape index (κ1) is 19.5. The van der Waals surface area contributed by atoms with Crippen molar-refractivity contribution in [2.24, 2.45) is 7.05 Å². The lowest BCUT2D eigenvalue weighted by molar-refractivity contribution is 0.0917. The van der Waals surface area contributed by atoms with Gasteiger partial charge < -0.3 is 9.84 Å². The number of benzene rings is 1. The van der Waals surface area contributed by atoms with Crippen molar-refractivity contribution in [3.8, 4) is 22.6 Å². The summed E-state index contributed by atoms with van der Waals surface area (Å²) in [5, 5.41) is 11.5. The summed E-state index contributed by atoms with van der Waals surface area (Å²) in [6.45, 7) is 3.85. The molecule has 1 atom stereocenters. The highest BCUT2D eigenvalue weighted by atomic mass is 16.5. The van der Waals surface area contributed by atoms with E-state index < -0.39 is 6.04 Å². The summed E-state index contributed by atoms with van der Waals surface area (Å²) < 4.78 is 7.01. The maximum atomic E-state index is 12.9. The van der Waals surface area contributed by atoms with Gasteiger partial charge in [-0.15, -0.1) is 0 Å². The molecule has 0 aliphatic rings. The molecule has 0 spiro atoms. The van der Waals surface area contributed by atoms with Crippen molar-refractivity contribution in [1.29, 1.82) is 0 Å². The van der Waals surface area contributed by atoms with Crippen LogP contribution in [0.25, 0.3) is 22.6 Å². The zero-order valence-electron chi connectivity index (χ0n) is 17.0. The number of aromatic nitrogens is 5. The van der Waals surface area contributed by atoms with Crippen LogP contribution < -0.4 is 5.32 Å². The van der Waals surface area contributed by atoms with Gasteiger partial charge >= 0.3 is 0 Å². The predicted octanol–water partition coefficient (Wildman–Crippen LogP) is 3.72. The Kier molecular flexibility index (Phi) is 5.38. The smallest absolute Gasteiger partial charge is 0.270 e. The normalized spacial score (nSPS) is 12.0. The molecule has 4 aromatic rings. The van der Waals surface area contributed by atoms with Gasteiger partial charge in [-0.1, -0.05) is 42.4 Å². The van der Waals surface area contributed by atoms with Crippen LogP contribution in [0.3, 0.4) is 0 Å². The average Bonchev–Trinajstić information content (AvgIpc) is 3.40. The molecule has 1 amide bonds. The fourth-order valence-corrected chi connectivity index (χ4v) is 3.18. The van der Waals surface area contributed by atoms with E-state index in [1.807, 2.05) is 56.3 Å². The molecule has 1 N–H and O–H groups in total. The van der Waals surface area contributed by atoms with Crippen LogP contribution in [0.1, 0.15) is 41.5 Å². The molecule has 0 fully saturated rings. The second-order valence-electron chi connectivity index (χ2n) is 6.98. The van der Waals surface area contributed by atoms with Gasteiger partial charge in [0.1, 0.15) is 11.7 Å². The minimum Gasteiger partial charge on any atom is -0.339 e. The molecule has 30 heavy (non-hydrogen) atoms. The summed E-state index contributed by atoms with van der Waals surface area (Å²) >= 11 is 0. The molecule has 0 radical (unpaired) electrons. The van der Waals surface area contributed by atoms with E-state index in [-0.39, 0.29) is 5.91 Å². The van der Waals surface area contributed by atoms with Gasteiger partial charge in [0.15, 0.2) is 0 Å². The molecule has 4 rings (SSSR count). The van der Waals surface area contributed by atoms with Gasteiger partial charge in [-0.2, -0.15) is 10.1 Å². The summed E-state index contributed by atoms with van der Waals surface area (Å²) in [5.74, 6) is 0.578. The lowest BCUT2D eigenvalue weighted by Gasteiger charge is -2.12. The van der Waals surface area contributed by atoms with Gasteiger partial charge in [0.25, 0.3) is 5.91 Å². The standard InChI is InChI=1S/C22H22N6O2/c1-4-17(22-25-20(27-30-22)16-10-11-23-14(2)12-16)24-21(29)19-13-18(26-28(19)3)15-8-6-5-7-9-15/h5-13,17H,4H2,1-3H3,(H,24,29). The van der Waals surface area contributed by atoms with Gasteiger partial charge in [-0.3, -0.25) is 14.5 Å². The van der Waals surface area contributed by atoms with E-state index in [9.17, 15) is 4.79 Å². The number of rotatable bonds is 6. The molecule has 8 nitrogen and oxygen atoms in total. The van der Waals surface area contributed by atoms with Crippen LogP contribution in [0, 0.1) is 6.92 Å². The number of carbonyl (C=O) groups is 1. The van der Waals surface area contributed by atoms with Crippen LogP contribution in [-0.4, -0.2) is 30.8 Å². The Hall–Kier alpha value is -3.81.